The second-order valence-corrected chi connectivity index (χ2v) is 5.61. The highest BCUT2D eigenvalue weighted by Crippen LogP contribution is 2.21. The molecule has 4 nitrogen and oxygen atoms in total. The van der Waals surface area contributed by atoms with Gasteiger partial charge in [-0.25, -0.2) is 8.42 Å². The molecule has 0 radical (unpaired) electrons. The van der Waals surface area contributed by atoms with E-state index >= 15 is 0 Å². The van der Waals surface area contributed by atoms with Crippen LogP contribution in [-0.2, 0) is 14.6 Å². The van der Waals surface area contributed by atoms with Crippen LogP contribution in [0.3, 0.4) is 0 Å². The molecule has 0 saturated heterocycles. The minimum absolute atomic E-state index is 0.133. The fraction of sp³-hybridized carbons (Fsp3) is 0.100. The van der Waals surface area contributed by atoms with Crippen LogP contribution in [0.25, 0.3) is 6.08 Å². The first-order chi connectivity index (χ1) is 7.30. The van der Waals surface area contributed by atoms with E-state index in [2.05, 4.69) is 0 Å². The van der Waals surface area contributed by atoms with Crippen LogP contribution >= 0.6 is 11.6 Å². The van der Waals surface area contributed by atoms with E-state index in [0.29, 0.717) is 5.56 Å². The maximum Gasteiger partial charge on any atom is 0.241 e. The molecule has 0 unspecified atom stereocenters. The number of carbonyl (C=O) groups excluding carboxylic acids is 1. The van der Waals surface area contributed by atoms with Crippen molar-refractivity contribution in [1.29, 1.82) is 0 Å². The first-order valence-corrected chi connectivity index (χ1v) is 6.55. The van der Waals surface area contributed by atoms with Crippen molar-refractivity contribution in [3.05, 3.63) is 34.9 Å². The molecule has 0 saturated carbocycles. The maximum absolute atomic E-state index is 11.2. The van der Waals surface area contributed by atoms with Gasteiger partial charge in [-0.05, 0) is 23.8 Å². The number of nitrogens with two attached hydrogens (primary N) is 1. The van der Waals surface area contributed by atoms with Crippen LogP contribution in [0.15, 0.2) is 29.2 Å². The van der Waals surface area contributed by atoms with Crippen molar-refractivity contribution in [3.8, 4) is 0 Å². The van der Waals surface area contributed by atoms with Crippen molar-refractivity contribution in [2.75, 3.05) is 6.26 Å². The molecule has 2 N–H and O–H groups in total. The Hall–Kier alpha value is -1.33. The van der Waals surface area contributed by atoms with Crippen LogP contribution < -0.4 is 5.73 Å². The lowest BCUT2D eigenvalue weighted by molar-refractivity contribution is -0.113. The predicted molar refractivity (Wildman–Crippen MR) is 62.8 cm³/mol. The molecule has 1 rings (SSSR count). The molecule has 0 aromatic heterocycles. The number of hydrogen-bond donors (Lipinski definition) is 1. The lowest BCUT2D eigenvalue weighted by Crippen LogP contribution is -2.05. The van der Waals surface area contributed by atoms with Gasteiger partial charge in [0, 0.05) is 17.4 Å². The number of carbonyl (C=O) groups is 1. The average Bonchev–Trinajstić information content (AvgIpc) is 2.14. The highest BCUT2D eigenvalue weighted by Gasteiger charge is 2.08. The third-order valence-corrected chi connectivity index (χ3v) is 3.26. The summed E-state index contributed by atoms with van der Waals surface area (Å²) in [5.74, 6) is -0.594. The fourth-order valence-corrected chi connectivity index (χ4v) is 2.00. The van der Waals surface area contributed by atoms with Crippen molar-refractivity contribution in [2.24, 2.45) is 5.73 Å². The summed E-state index contributed by atoms with van der Waals surface area (Å²) in [6, 6.07) is 4.26. The Labute approximate surface area is 98.6 Å². The zero-order valence-electron chi connectivity index (χ0n) is 8.48. The highest BCUT2D eigenvalue weighted by molar-refractivity contribution is 7.90. The number of hydrogen-bond acceptors (Lipinski definition) is 3. The van der Waals surface area contributed by atoms with Gasteiger partial charge in [0.1, 0.15) is 0 Å². The smallest absolute Gasteiger partial charge is 0.241 e. The largest absolute Gasteiger partial charge is 0.366 e. The molecule has 0 aliphatic heterocycles. The number of amides is 1. The average molecular weight is 260 g/mol. The first kappa shape index (κ1) is 12.7. The minimum atomic E-state index is -3.27. The molecule has 16 heavy (non-hydrogen) atoms. The van der Waals surface area contributed by atoms with Crippen molar-refractivity contribution >= 4 is 33.4 Å². The normalized spacial score (nSPS) is 11.9. The van der Waals surface area contributed by atoms with Crippen LogP contribution in [-0.4, -0.2) is 20.6 Å². The summed E-state index contributed by atoms with van der Waals surface area (Å²) in [5.41, 5.74) is 5.46. The number of primary amides is 1. The highest BCUT2D eigenvalue weighted by atomic mass is 35.5. The SMILES string of the molecule is CS(=O)(=O)c1ccc(/C=C/C(N)=O)c(Cl)c1. The topological polar surface area (TPSA) is 77.2 Å². The van der Waals surface area contributed by atoms with Gasteiger partial charge in [0.05, 0.1) is 4.90 Å². The van der Waals surface area contributed by atoms with E-state index in [4.69, 9.17) is 17.3 Å². The molecule has 0 spiro atoms. The van der Waals surface area contributed by atoms with Crippen LogP contribution in [0.2, 0.25) is 5.02 Å². The Kier molecular flexibility index (Phi) is 3.72. The molecule has 1 amide bonds. The third kappa shape index (κ3) is 3.36. The standard InChI is InChI=1S/C10H10ClNO3S/c1-16(14,15)8-4-2-7(9(11)6-8)3-5-10(12)13/h2-6H,1H3,(H2,12,13)/b5-3+. The van der Waals surface area contributed by atoms with Crippen molar-refractivity contribution < 1.29 is 13.2 Å². The summed E-state index contributed by atoms with van der Waals surface area (Å²) in [4.78, 5) is 10.6. The molecular formula is C10H10ClNO3S. The number of halogens is 1. The van der Waals surface area contributed by atoms with E-state index < -0.39 is 15.7 Å². The van der Waals surface area contributed by atoms with Gasteiger partial charge in [0.2, 0.25) is 5.91 Å². The monoisotopic (exact) mass is 259 g/mol. The second kappa shape index (κ2) is 4.67. The van der Waals surface area contributed by atoms with Crippen LogP contribution in [0.5, 0.6) is 0 Å². The zero-order chi connectivity index (χ0) is 12.3. The Morgan fingerprint density at radius 1 is 1.44 bits per heavy atom. The van der Waals surface area contributed by atoms with Gasteiger partial charge in [-0.2, -0.15) is 0 Å². The number of rotatable bonds is 3. The van der Waals surface area contributed by atoms with Crippen molar-refractivity contribution in [2.45, 2.75) is 4.90 Å². The molecule has 0 fully saturated rings. The van der Waals surface area contributed by atoms with E-state index in [-0.39, 0.29) is 9.92 Å². The summed E-state index contributed by atoms with van der Waals surface area (Å²) >= 11 is 5.85. The molecule has 0 atom stereocenters. The lowest BCUT2D eigenvalue weighted by Gasteiger charge is -2.01. The Balaban J connectivity index is 3.15. The van der Waals surface area contributed by atoms with E-state index in [9.17, 15) is 13.2 Å². The zero-order valence-corrected chi connectivity index (χ0v) is 10.0. The van der Waals surface area contributed by atoms with Crippen molar-refractivity contribution in [1.82, 2.24) is 0 Å². The van der Waals surface area contributed by atoms with Gasteiger partial charge in [-0.3, -0.25) is 4.79 Å². The molecule has 6 heteroatoms. The van der Waals surface area contributed by atoms with Gasteiger partial charge in [0.15, 0.2) is 9.84 Å². The molecule has 0 bridgehead atoms. The summed E-state index contributed by atoms with van der Waals surface area (Å²) in [6.07, 6.45) is 3.68. The lowest BCUT2D eigenvalue weighted by atomic mass is 10.2. The summed E-state index contributed by atoms with van der Waals surface area (Å²) in [6.45, 7) is 0. The minimum Gasteiger partial charge on any atom is -0.366 e. The summed E-state index contributed by atoms with van der Waals surface area (Å²) < 4.78 is 22.4. The molecule has 86 valence electrons. The van der Waals surface area contributed by atoms with Gasteiger partial charge in [-0.15, -0.1) is 0 Å². The number of benzene rings is 1. The Bertz CT molecular complexity index is 549. The van der Waals surface area contributed by atoms with E-state index in [1.807, 2.05) is 0 Å². The van der Waals surface area contributed by atoms with E-state index in [1.54, 1.807) is 0 Å². The summed E-state index contributed by atoms with van der Waals surface area (Å²) in [7, 11) is -3.27. The van der Waals surface area contributed by atoms with E-state index in [0.717, 1.165) is 12.3 Å². The maximum atomic E-state index is 11.2. The molecule has 0 heterocycles. The quantitative estimate of drug-likeness (QED) is 0.830. The second-order valence-electron chi connectivity index (χ2n) is 3.19. The molecule has 1 aromatic rings. The van der Waals surface area contributed by atoms with Crippen LogP contribution in [0.4, 0.5) is 0 Å². The van der Waals surface area contributed by atoms with Crippen LogP contribution in [0, 0.1) is 0 Å². The van der Waals surface area contributed by atoms with Crippen LogP contribution in [0.1, 0.15) is 5.56 Å². The van der Waals surface area contributed by atoms with Gasteiger partial charge < -0.3 is 5.73 Å². The Morgan fingerprint density at radius 3 is 2.50 bits per heavy atom. The first-order valence-electron chi connectivity index (χ1n) is 4.28. The molecule has 0 aliphatic rings. The third-order valence-electron chi connectivity index (χ3n) is 1.83. The number of sulfone groups is 1. The molecule has 0 aliphatic carbocycles. The molecule has 1 aromatic carbocycles. The van der Waals surface area contributed by atoms with Gasteiger partial charge in [-0.1, -0.05) is 17.7 Å². The van der Waals surface area contributed by atoms with Gasteiger partial charge in [0.25, 0.3) is 0 Å². The van der Waals surface area contributed by atoms with Crippen molar-refractivity contribution in [3.63, 3.8) is 0 Å². The summed E-state index contributed by atoms with van der Waals surface area (Å²) in [5, 5.41) is 0.250. The van der Waals surface area contributed by atoms with E-state index in [1.165, 1.54) is 24.3 Å². The molecular weight excluding hydrogens is 250 g/mol. The Morgan fingerprint density at radius 2 is 2.06 bits per heavy atom. The van der Waals surface area contributed by atoms with Gasteiger partial charge >= 0.3 is 0 Å². The fourth-order valence-electron chi connectivity index (χ4n) is 1.05. The predicted octanol–water partition coefficient (Wildman–Crippen LogP) is 1.24.